The minimum absolute atomic E-state index is 0.322. The maximum atomic E-state index is 12.1. The molecule has 2 rings (SSSR count). The minimum Gasteiger partial charge on any atom is -0.497 e. The van der Waals surface area contributed by atoms with Gasteiger partial charge in [0.15, 0.2) is 0 Å². The molecule has 6 heteroatoms. The summed E-state index contributed by atoms with van der Waals surface area (Å²) >= 11 is 4.11. The van der Waals surface area contributed by atoms with Crippen LogP contribution in [0.1, 0.15) is 5.56 Å². The Labute approximate surface area is 141 Å². The van der Waals surface area contributed by atoms with Crippen LogP contribution in [-0.4, -0.2) is 13.1 Å². The molecule has 0 saturated heterocycles. The maximum absolute atomic E-state index is 12.1. The van der Waals surface area contributed by atoms with Gasteiger partial charge < -0.3 is 20.7 Å². The van der Waals surface area contributed by atoms with Crippen LogP contribution < -0.4 is 20.7 Å². The summed E-state index contributed by atoms with van der Waals surface area (Å²) in [4.78, 5) is 12.1. The highest BCUT2D eigenvalue weighted by Crippen LogP contribution is 2.22. The number of hydrogen-bond acceptors (Lipinski definition) is 4. The maximum Gasteiger partial charge on any atom is 0.323 e. The van der Waals surface area contributed by atoms with Crippen LogP contribution in [0, 0.1) is 6.92 Å². The van der Waals surface area contributed by atoms with Gasteiger partial charge in [0.2, 0.25) is 0 Å². The van der Waals surface area contributed by atoms with E-state index in [9.17, 15) is 4.79 Å². The number of anilines is 3. The van der Waals surface area contributed by atoms with Gasteiger partial charge in [0.25, 0.3) is 0 Å². The summed E-state index contributed by atoms with van der Waals surface area (Å²) in [6.45, 7) is 5.62. The zero-order valence-corrected chi connectivity index (χ0v) is 13.9. The van der Waals surface area contributed by atoms with E-state index in [1.165, 1.54) is 0 Å². The van der Waals surface area contributed by atoms with Crippen LogP contribution in [0.3, 0.4) is 0 Å². The predicted octanol–water partition coefficient (Wildman–Crippen LogP) is 4.46. The first-order valence-corrected chi connectivity index (χ1v) is 7.40. The van der Waals surface area contributed by atoms with Crippen molar-refractivity contribution in [2.75, 3.05) is 23.1 Å². The van der Waals surface area contributed by atoms with Gasteiger partial charge in [0.1, 0.15) is 5.75 Å². The van der Waals surface area contributed by atoms with E-state index in [0.717, 1.165) is 11.3 Å². The Morgan fingerprint density at radius 1 is 1.09 bits per heavy atom. The van der Waals surface area contributed by atoms with Crippen molar-refractivity contribution in [3.63, 3.8) is 0 Å². The summed E-state index contributed by atoms with van der Waals surface area (Å²) in [5, 5.41) is 9.14. The summed E-state index contributed by atoms with van der Waals surface area (Å²) in [7, 11) is 1.58. The fraction of sp³-hybridized carbons (Fsp3) is 0.118. The molecule has 0 aliphatic carbocycles. The van der Waals surface area contributed by atoms with E-state index in [4.69, 9.17) is 4.74 Å². The molecular weight excluding hydrogens is 310 g/mol. The lowest BCUT2D eigenvalue weighted by molar-refractivity contribution is 0.262. The first-order chi connectivity index (χ1) is 11.0. The van der Waals surface area contributed by atoms with E-state index >= 15 is 0 Å². The number of hydrogen-bond donors (Lipinski definition) is 4. The number of carbonyl (C=O) groups is 1. The molecule has 0 fully saturated rings. The van der Waals surface area contributed by atoms with Crippen molar-refractivity contribution >= 4 is 35.7 Å². The van der Waals surface area contributed by atoms with Crippen LogP contribution in [0.2, 0.25) is 0 Å². The number of rotatable bonds is 5. The van der Waals surface area contributed by atoms with Gasteiger partial charge >= 0.3 is 6.03 Å². The SMILES string of the molecule is C=C(S)Nc1ccc(NC(=O)Nc2cccc(OC)c2)cc1C. The molecule has 0 spiro atoms. The highest BCUT2D eigenvalue weighted by molar-refractivity contribution is 7.84. The van der Waals surface area contributed by atoms with Gasteiger partial charge in [-0.1, -0.05) is 12.6 Å². The van der Waals surface area contributed by atoms with Crippen molar-refractivity contribution in [2.45, 2.75) is 6.92 Å². The highest BCUT2D eigenvalue weighted by Gasteiger charge is 2.05. The topological polar surface area (TPSA) is 62.4 Å². The fourth-order valence-corrected chi connectivity index (χ4v) is 2.15. The van der Waals surface area contributed by atoms with Crippen LogP contribution in [0.4, 0.5) is 21.9 Å². The normalized spacial score (nSPS) is 9.87. The highest BCUT2D eigenvalue weighted by atomic mass is 32.1. The number of nitrogens with one attached hydrogen (secondary N) is 3. The third kappa shape index (κ3) is 4.96. The number of urea groups is 1. The Morgan fingerprint density at radius 3 is 2.39 bits per heavy atom. The number of amides is 2. The number of thiol groups is 1. The van der Waals surface area contributed by atoms with Gasteiger partial charge in [0.05, 0.1) is 12.1 Å². The Kier molecular flexibility index (Phi) is 5.54. The monoisotopic (exact) mass is 329 g/mol. The van der Waals surface area contributed by atoms with Crippen molar-refractivity contribution in [3.8, 4) is 5.75 Å². The minimum atomic E-state index is -0.322. The zero-order valence-electron chi connectivity index (χ0n) is 13.0. The molecule has 0 atom stereocenters. The lowest BCUT2D eigenvalue weighted by Gasteiger charge is -2.12. The number of carbonyl (C=O) groups excluding carboxylic acids is 1. The van der Waals surface area contributed by atoms with Gasteiger partial charge in [-0.3, -0.25) is 0 Å². The zero-order chi connectivity index (χ0) is 16.8. The predicted molar refractivity (Wildman–Crippen MR) is 98.6 cm³/mol. The fourth-order valence-electron chi connectivity index (χ4n) is 2.03. The Bertz CT molecular complexity index is 732. The lowest BCUT2D eigenvalue weighted by Crippen LogP contribution is -2.19. The van der Waals surface area contributed by atoms with Crippen LogP contribution in [0.25, 0.3) is 0 Å². The van der Waals surface area contributed by atoms with Crippen molar-refractivity contribution in [1.29, 1.82) is 0 Å². The van der Waals surface area contributed by atoms with Gasteiger partial charge in [-0.2, -0.15) is 0 Å². The largest absolute Gasteiger partial charge is 0.497 e. The number of aryl methyl sites for hydroxylation is 1. The Morgan fingerprint density at radius 2 is 1.78 bits per heavy atom. The summed E-state index contributed by atoms with van der Waals surface area (Å²) < 4.78 is 5.12. The van der Waals surface area contributed by atoms with E-state index in [0.29, 0.717) is 22.2 Å². The van der Waals surface area contributed by atoms with Crippen molar-refractivity contribution in [2.24, 2.45) is 0 Å². The molecule has 2 aromatic rings. The average molecular weight is 329 g/mol. The van der Waals surface area contributed by atoms with Crippen molar-refractivity contribution < 1.29 is 9.53 Å². The molecule has 120 valence electrons. The third-order valence-corrected chi connectivity index (χ3v) is 3.20. The summed E-state index contributed by atoms with van der Waals surface area (Å²) in [5.74, 6) is 0.682. The molecule has 0 saturated carbocycles. The molecule has 0 aliphatic heterocycles. The molecule has 3 N–H and O–H groups in total. The molecule has 5 nitrogen and oxygen atoms in total. The van der Waals surface area contributed by atoms with Crippen LogP contribution in [0.15, 0.2) is 54.1 Å². The molecule has 0 bridgehead atoms. The van der Waals surface area contributed by atoms with Gasteiger partial charge in [-0.05, 0) is 42.8 Å². The number of benzene rings is 2. The molecule has 0 aliphatic rings. The molecule has 0 aromatic heterocycles. The van der Waals surface area contributed by atoms with E-state index in [-0.39, 0.29) is 6.03 Å². The van der Waals surface area contributed by atoms with E-state index < -0.39 is 0 Å². The van der Waals surface area contributed by atoms with E-state index in [1.54, 1.807) is 25.3 Å². The standard InChI is InChI=1S/C17H19N3O2S/c1-11-9-14(7-8-16(11)18-12(2)23)20-17(21)19-13-5-4-6-15(10-13)22-3/h4-10,18,23H,2H2,1,3H3,(H2,19,20,21). The second kappa shape index (κ2) is 7.60. The van der Waals surface area contributed by atoms with Crippen LogP contribution in [-0.2, 0) is 0 Å². The molecule has 0 unspecified atom stereocenters. The second-order valence-corrected chi connectivity index (χ2v) is 5.45. The number of methoxy groups -OCH3 is 1. The first-order valence-electron chi connectivity index (χ1n) is 6.95. The summed E-state index contributed by atoms with van der Waals surface area (Å²) in [6, 6.07) is 12.4. The molecule has 0 heterocycles. The molecule has 0 radical (unpaired) electrons. The van der Waals surface area contributed by atoms with E-state index in [1.807, 2.05) is 31.2 Å². The molecule has 2 aromatic carbocycles. The smallest absolute Gasteiger partial charge is 0.323 e. The Hall–Kier alpha value is -2.60. The number of ether oxygens (including phenoxy) is 1. The van der Waals surface area contributed by atoms with Crippen molar-refractivity contribution in [3.05, 3.63) is 59.6 Å². The average Bonchev–Trinajstić information content (AvgIpc) is 2.49. The van der Waals surface area contributed by atoms with Crippen LogP contribution >= 0.6 is 12.6 Å². The van der Waals surface area contributed by atoms with Gasteiger partial charge in [-0.25, -0.2) is 4.79 Å². The lowest BCUT2D eigenvalue weighted by atomic mass is 10.2. The van der Waals surface area contributed by atoms with Gasteiger partial charge in [-0.15, -0.1) is 12.6 Å². The van der Waals surface area contributed by atoms with Crippen LogP contribution in [0.5, 0.6) is 5.75 Å². The van der Waals surface area contributed by atoms with Crippen molar-refractivity contribution in [1.82, 2.24) is 0 Å². The van der Waals surface area contributed by atoms with E-state index in [2.05, 4.69) is 35.2 Å². The first kappa shape index (κ1) is 16.8. The Balaban J connectivity index is 2.02. The summed E-state index contributed by atoms with van der Waals surface area (Å²) in [6.07, 6.45) is 0. The third-order valence-electron chi connectivity index (χ3n) is 3.09. The summed E-state index contributed by atoms with van der Waals surface area (Å²) in [5.41, 5.74) is 3.21. The molecule has 23 heavy (non-hydrogen) atoms. The van der Waals surface area contributed by atoms with Gasteiger partial charge in [0, 0.05) is 23.1 Å². The second-order valence-electron chi connectivity index (χ2n) is 4.91. The quantitative estimate of drug-likeness (QED) is 0.613. The molecule has 2 amide bonds. The molecular formula is C17H19N3O2S.